The first-order valence-electron chi connectivity index (χ1n) is 5.82. The van der Waals surface area contributed by atoms with Gasteiger partial charge < -0.3 is 15.5 Å². The van der Waals surface area contributed by atoms with Gasteiger partial charge in [-0.15, -0.1) is 0 Å². The first-order chi connectivity index (χ1) is 9.22. The molecule has 0 aliphatic heterocycles. The molecule has 0 aliphatic rings. The van der Waals surface area contributed by atoms with Crippen molar-refractivity contribution in [3.8, 4) is 11.4 Å². The summed E-state index contributed by atoms with van der Waals surface area (Å²) < 4.78 is 0.980. The number of benzene rings is 1. The zero-order valence-electron chi connectivity index (χ0n) is 10.2. The topological polar surface area (TPSA) is 78.3 Å². The van der Waals surface area contributed by atoms with Crippen LogP contribution in [0.2, 0.25) is 0 Å². The predicted molar refractivity (Wildman–Crippen MR) is 76.7 cm³/mol. The maximum absolute atomic E-state index is 9.23. The lowest BCUT2D eigenvalue weighted by Crippen LogP contribution is -2.09. The fraction of sp³-hybridized carbons (Fsp3) is 0.231. The second-order valence-electron chi connectivity index (χ2n) is 3.88. The molecule has 3 N–H and O–H groups in total. The van der Waals surface area contributed by atoms with Crippen molar-refractivity contribution in [2.75, 3.05) is 18.5 Å². The van der Waals surface area contributed by atoms with Crippen molar-refractivity contribution in [1.82, 2.24) is 9.97 Å². The van der Waals surface area contributed by atoms with Crippen LogP contribution in [0.3, 0.4) is 0 Å². The Morgan fingerprint density at radius 1 is 1.11 bits per heavy atom. The number of aromatic nitrogens is 2. The Morgan fingerprint density at radius 2 is 1.84 bits per heavy atom. The van der Waals surface area contributed by atoms with E-state index >= 15 is 0 Å². The van der Waals surface area contributed by atoms with Gasteiger partial charge in [-0.2, -0.15) is 0 Å². The van der Waals surface area contributed by atoms with Crippen LogP contribution in [0.25, 0.3) is 11.4 Å². The average molecular weight is 324 g/mol. The molecule has 100 valence electrons. The van der Waals surface area contributed by atoms with Crippen LogP contribution in [0.5, 0.6) is 0 Å². The number of aliphatic hydroxyl groups excluding tert-OH is 2. The highest BCUT2D eigenvalue weighted by Gasteiger charge is 2.06. The minimum Gasteiger partial charge on any atom is -0.395 e. The molecule has 5 nitrogen and oxygen atoms in total. The van der Waals surface area contributed by atoms with Crippen molar-refractivity contribution in [3.63, 3.8) is 0 Å². The number of nitrogens with zero attached hydrogens (tertiary/aromatic N) is 2. The molecule has 0 bridgehead atoms. The quantitative estimate of drug-likeness (QED) is 0.782. The first kappa shape index (κ1) is 13.9. The summed E-state index contributed by atoms with van der Waals surface area (Å²) in [6.07, 6.45) is 0. The molecule has 6 heteroatoms. The van der Waals surface area contributed by atoms with Gasteiger partial charge in [-0.05, 0) is 12.1 Å². The molecule has 0 radical (unpaired) electrons. The molecule has 0 spiro atoms. The van der Waals surface area contributed by atoms with E-state index in [0.29, 0.717) is 23.9 Å². The summed E-state index contributed by atoms with van der Waals surface area (Å²) in [5.74, 6) is 1.13. The summed E-state index contributed by atoms with van der Waals surface area (Å²) in [4.78, 5) is 8.64. The molecule has 0 unspecified atom stereocenters. The van der Waals surface area contributed by atoms with E-state index in [0.717, 1.165) is 10.0 Å². The molecule has 2 aromatic rings. The fourth-order valence-electron chi connectivity index (χ4n) is 1.58. The maximum Gasteiger partial charge on any atom is 0.161 e. The van der Waals surface area contributed by atoms with Crippen LogP contribution >= 0.6 is 15.9 Å². The molecule has 19 heavy (non-hydrogen) atoms. The average Bonchev–Trinajstić information content (AvgIpc) is 2.45. The molecule has 0 fully saturated rings. The highest BCUT2D eigenvalue weighted by molar-refractivity contribution is 9.10. The fourth-order valence-corrected chi connectivity index (χ4v) is 1.85. The number of nitrogens with one attached hydrogen (secondary N) is 1. The highest BCUT2D eigenvalue weighted by Crippen LogP contribution is 2.20. The largest absolute Gasteiger partial charge is 0.395 e. The van der Waals surface area contributed by atoms with Gasteiger partial charge in [0.1, 0.15) is 5.82 Å². The number of hydrogen-bond donors (Lipinski definition) is 3. The number of rotatable bonds is 5. The lowest BCUT2D eigenvalue weighted by molar-refractivity contribution is 0.277. The van der Waals surface area contributed by atoms with E-state index in [1.165, 1.54) is 0 Å². The van der Waals surface area contributed by atoms with E-state index < -0.39 is 0 Å². The zero-order valence-corrected chi connectivity index (χ0v) is 11.8. The minimum atomic E-state index is -0.153. The molecule has 1 aromatic heterocycles. The van der Waals surface area contributed by atoms with Crippen molar-refractivity contribution < 1.29 is 10.2 Å². The second kappa shape index (κ2) is 6.60. The summed E-state index contributed by atoms with van der Waals surface area (Å²) >= 11 is 3.37. The molecule has 2 rings (SSSR count). The Morgan fingerprint density at radius 3 is 2.47 bits per heavy atom. The lowest BCUT2D eigenvalue weighted by Gasteiger charge is -2.08. The van der Waals surface area contributed by atoms with Crippen LogP contribution in [-0.2, 0) is 6.61 Å². The standard InChI is InChI=1S/C13H14BrN3O2/c14-10-3-1-9(2-4-10)13-16-11(8-19)7-12(17-13)15-5-6-18/h1-4,7,18-19H,5-6,8H2,(H,15,16,17). The third kappa shape index (κ3) is 3.73. The Balaban J connectivity index is 2.35. The molecule has 0 atom stereocenters. The molecule has 1 aromatic carbocycles. The van der Waals surface area contributed by atoms with Gasteiger partial charge in [0.25, 0.3) is 0 Å². The Kier molecular flexibility index (Phi) is 4.84. The monoisotopic (exact) mass is 323 g/mol. The van der Waals surface area contributed by atoms with Gasteiger partial charge in [-0.3, -0.25) is 0 Å². The van der Waals surface area contributed by atoms with Gasteiger partial charge in [-0.1, -0.05) is 28.1 Å². The van der Waals surface area contributed by atoms with Crippen LogP contribution < -0.4 is 5.32 Å². The highest BCUT2D eigenvalue weighted by atomic mass is 79.9. The SMILES string of the molecule is OCCNc1cc(CO)nc(-c2ccc(Br)cc2)n1. The number of aliphatic hydroxyl groups is 2. The second-order valence-corrected chi connectivity index (χ2v) is 4.80. The smallest absolute Gasteiger partial charge is 0.161 e. The summed E-state index contributed by atoms with van der Waals surface area (Å²) in [5.41, 5.74) is 1.40. The molecule has 0 amide bonds. The van der Waals surface area contributed by atoms with Gasteiger partial charge in [0.15, 0.2) is 5.82 Å². The van der Waals surface area contributed by atoms with Crippen LogP contribution in [0.1, 0.15) is 5.69 Å². The predicted octanol–water partition coefficient (Wildman–Crippen LogP) is 1.80. The lowest BCUT2D eigenvalue weighted by atomic mass is 10.2. The van der Waals surface area contributed by atoms with Crippen molar-refractivity contribution in [3.05, 3.63) is 40.5 Å². The summed E-state index contributed by atoms with van der Waals surface area (Å²) in [6.45, 7) is 0.271. The van der Waals surface area contributed by atoms with E-state index in [1.807, 2.05) is 24.3 Å². The molecule has 1 heterocycles. The Labute approximate surface area is 119 Å². The van der Waals surface area contributed by atoms with E-state index in [4.69, 9.17) is 5.11 Å². The van der Waals surface area contributed by atoms with Gasteiger partial charge >= 0.3 is 0 Å². The third-order valence-corrected chi connectivity index (χ3v) is 2.99. The van der Waals surface area contributed by atoms with E-state index in [2.05, 4.69) is 31.2 Å². The first-order valence-corrected chi connectivity index (χ1v) is 6.61. The van der Waals surface area contributed by atoms with Crippen molar-refractivity contribution >= 4 is 21.7 Å². The third-order valence-electron chi connectivity index (χ3n) is 2.46. The van der Waals surface area contributed by atoms with Crippen LogP contribution in [-0.4, -0.2) is 33.3 Å². The van der Waals surface area contributed by atoms with Crippen molar-refractivity contribution in [2.24, 2.45) is 0 Å². The number of hydrogen-bond acceptors (Lipinski definition) is 5. The van der Waals surface area contributed by atoms with Gasteiger partial charge in [0.2, 0.25) is 0 Å². The molecule has 0 saturated carbocycles. The molecule has 0 saturated heterocycles. The Hall–Kier alpha value is -1.50. The number of anilines is 1. The van der Waals surface area contributed by atoms with Crippen LogP contribution in [0.4, 0.5) is 5.82 Å². The Bertz CT molecular complexity index is 546. The van der Waals surface area contributed by atoms with E-state index in [1.54, 1.807) is 6.07 Å². The molecule has 0 aliphatic carbocycles. The zero-order chi connectivity index (χ0) is 13.7. The minimum absolute atomic E-state index is 0.0199. The van der Waals surface area contributed by atoms with Gasteiger partial charge in [0, 0.05) is 22.6 Å². The summed E-state index contributed by atoms with van der Waals surface area (Å²) in [6, 6.07) is 9.28. The van der Waals surface area contributed by atoms with Gasteiger partial charge in [0.05, 0.1) is 18.9 Å². The maximum atomic E-state index is 9.23. The summed E-state index contributed by atoms with van der Waals surface area (Å²) in [5, 5.41) is 21.0. The molecular weight excluding hydrogens is 310 g/mol. The number of halogens is 1. The van der Waals surface area contributed by atoms with E-state index in [9.17, 15) is 5.11 Å². The normalized spacial score (nSPS) is 10.5. The van der Waals surface area contributed by atoms with Gasteiger partial charge in [-0.25, -0.2) is 9.97 Å². The van der Waals surface area contributed by atoms with Crippen molar-refractivity contribution in [2.45, 2.75) is 6.61 Å². The van der Waals surface area contributed by atoms with Crippen LogP contribution in [0, 0.1) is 0 Å². The summed E-state index contributed by atoms with van der Waals surface area (Å²) in [7, 11) is 0. The van der Waals surface area contributed by atoms with Crippen molar-refractivity contribution in [1.29, 1.82) is 0 Å². The van der Waals surface area contributed by atoms with Crippen LogP contribution in [0.15, 0.2) is 34.8 Å². The molecular formula is C13H14BrN3O2. The van der Waals surface area contributed by atoms with E-state index in [-0.39, 0.29) is 13.2 Å².